The van der Waals surface area contributed by atoms with Crippen molar-refractivity contribution in [3.63, 3.8) is 0 Å². The molecule has 33 heavy (non-hydrogen) atoms. The van der Waals surface area contributed by atoms with E-state index in [4.69, 9.17) is 9.47 Å². The standard InChI is InChI=1S/C24H35N3O6/c28-22(20-32-23-8-4-3-5-9-23)19-26-15-7-2-1-6-14-25-18-21-10-12-24(13-11-21)31-16-17-33-27(29)30/h3-5,8-13,22,25-26,28H,1-2,6-7,14-20H2. The van der Waals surface area contributed by atoms with Gasteiger partial charge in [0.25, 0.3) is 5.09 Å². The van der Waals surface area contributed by atoms with E-state index >= 15 is 0 Å². The summed E-state index contributed by atoms with van der Waals surface area (Å²) in [6.45, 7) is 3.51. The predicted molar refractivity (Wildman–Crippen MR) is 126 cm³/mol. The van der Waals surface area contributed by atoms with Gasteiger partial charge in [-0.1, -0.05) is 43.2 Å². The molecule has 0 heterocycles. The highest BCUT2D eigenvalue weighted by Crippen LogP contribution is 2.12. The lowest BCUT2D eigenvalue weighted by molar-refractivity contribution is -0.757. The molecule has 9 nitrogen and oxygen atoms in total. The van der Waals surface area contributed by atoms with Gasteiger partial charge in [-0.25, -0.2) is 0 Å². The van der Waals surface area contributed by atoms with Gasteiger partial charge >= 0.3 is 0 Å². The lowest BCUT2D eigenvalue weighted by Crippen LogP contribution is -2.32. The Morgan fingerprint density at radius 3 is 2.21 bits per heavy atom. The summed E-state index contributed by atoms with van der Waals surface area (Å²) in [6.07, 6.45) is 3.99. The van der Waals surface area contributed by atoms with Gasteiger partial charge in [0, 0.05) is 13.1 Å². The maximum Gasteiger partial charge on any atom is 0.294 e. The Kier molecular flexibility index (Phi) is 13.4. The van der Waals surface area contributed by atoms with Crippen molar-refractivity contribution in [2.75, 3.05) is 39.5 Å². The number of ether oxygens (including phenoxy) is 2. The molecular weight excluding hydrogens is 426 g/mol. The summed E-state index contributed by atoms with van der Waals surface area (Å²) in [7, 11) is 0. The second-order valence-electron chi connectivity index (χ2n) is 7.62. The Morgan fingerprint density at radius 2 is 1.52 bits per heavy atom. The summed E-state index contributed by atoms with van der Waals surface area (Å²) in [4.78, 5) is 14.3. The summed E-state index contributed by atoms with van der Waals surface area (Å²) in [5, 5.41) is 25.9. The molecule has 182 valence electrons. The third-order valence-corrected chi connectivity index (χ3v) is 4.82. The number of nitrogens with one attached hydrogen (secondary N) is 2. The number of hydrogen-bond donors (Lipinski definition) is 3. The van der Waals surface area contributed by atoms with Crippen LogP contribution in [0.15, 0.2) is 54.6 Å². The molecule has 0 aliphatic carbocycles. The first-order chi connectivity index (χ1) is 16.1. The zero-order valence-corrected chi connectivity index (χ0v) is 19.0. The summed E-state index contributed by atoms with van der Waals surface area (Å²) in [5.74, 6) is 1.43. The molecule has 0 bridgehead atoms. The summed E-state index contributed by atoms with van der Waals surface area (Å²) in [6, 6.07) is 17.2. The average Bonchev–Trinajstić information content (AvgIpc) is 2.83. The lowest BCUT2D eigenvalue weighted by Gasteiger charge is -2.13. The quantitative estimate of drug-likeness (QED) is 0.166. The highest BCUT2D eigenvalue weighted by Gasteiger charge is 2.04. The SMILES string of the molecule is O=[N+]([O-])OCCOc1ccc(CNCCCCCCNCC(O)COc2ccccc2)cc1. The topological polar surface area (TPSA) is 115 Å². The molecule has 1 unspecified atom stereocenters. The molecule has 0 spiro atoms. The Morgan fingerprint density at radius 1 is 0.848 bits per heavy atom. The van der Waals surface area contributed by atoms with Gasteiger partial charge in [0.1, 0.15) is 37.4 Å². The molecule has 1 atom stereocenters. The van der Waals surface area contributed by atoms with E-state index in [1.54, 1.807) is 0 Å². The van der Waals surface area contributed by atoms with Gasteiger partial charge in [-0.05, 0) is 55.8 Å². The first-order valence-electron chi connectivity index (χ1n) is 11.4. The largest absolute Gasteiger partial charge is 0.492 e. The monoisotopic (exact) mass is 461 g/mol. The van der Waals surface area contributed by atoms with E-state index < -0.39 is 11.2 Å². The van der Waals surface area contributed by atoms with Crippen LogP contribution in [-0.2, 0) is 11.4 Å². The molecule has 0 radical (unpaired) electrons. The second-order valence-corrected chi connectivity index (χ2v) is 7.62. The van der Waals surface area contributed by atoms with Crippen LogP contribution in [0.1, 0.15) is 31.2 Å². The minimum absolute atomic E-state index is 0.0853. The van der Waals surface area contributed by atoms with E-state index in [1.165, 1.54) is 0 Å². The van der Waals surface area contributed by atoms with Gasteiger partial charge in [0.05, 0.1) is 0 Å². The Hall–Kier alpha value is -2.88. The molecule has 0 saturated carbocycles. The first kappa shape index (κ1) is 26.4. The normalized spacial score (nSPS) is 11.7. The van der Waals surface area contributed by atoms with Gasteiger partial charge in [-0.2, -0.15) is 0 Å². The van der Waals surface area contributed by atoms with Gasteiger partial charge in [0.2, 0.25) is 0 Å². The molecule has 0 aliphatic heterocycles. The molecule has 3 N–H and O–H groups in total. The van der Waals surface area contributed by atoms with Crippen LogP contribution in [0.4, 0.5) is 0 Å². The van der Waals surface area contributed by atoms with E-state index in [1.807, 2.05) is 54.6 Å². The zero-order chi connectivity index (χ0) is 23.6. The third kappa shape index (κ3) is 13.3. The molecule has 0 aromatic heterocycles. The molecule has 0 amide bonds. The Bertz CT molecular complexity index is 761. The van der Waals surface area contributed by atoms with E-state index in [0.717, 1.165) is 56.6 Å². The smallest absolute Gasteiger partial charge is 0.294 e. The molecule has 0 aliphatic rings. The molecule has 2 aromatic rings. The van der Waals surface area contributed by atoms with Crippen LogP contribution in [0.5, 0.6) is 11.5 Å². The van der Waals surface area contributed by atoms with Crippen LogP contribution >= 0.6 is 0 Å². The number of benzene rings is 2. The van der Waals surface area contributed by atoms with Crippen LogP contribution in [-0.4, -0.2) is 55.8 Å². The van der Waals surface area contributed by atoms with Crippen LogP contribution in [0.25, 0.3) is 0 Å². The molecule has 2 rings (SSSR count). The van der Waals surface area contributed by atoms with Crippen molar-refractivity contribution in [1.29, 1.82) is 0 Å². The van der Waals surface area contributed by atoms with E-state index in [2.05, 4.69) is 15.5 Å². The van der Waals surface area contributed by atoms with E-state index in [9.17, 15) is 15.2 Å². The number of unbranched alkanes of at least 4 members (excludes halogenated alkanes) is 3. The molecule has 2 aromatic carbocycles. The fourth-order valence-electron chi connectivity index (χ4n) is 3.10. The van der Waals surface area contributed by atoms with E-state index in [-0.39, 0.29) is 19.8 Å². The van der Waals surface area contributed by atoms with Gasteiger partial charge < -0.3 is 30.1 Å². The number of aliphatic hydroxyl groups excluding tert-OH is 1. The highest BCUT2D eigenvalue weighted by molar-refractivity contribution is 5.27. The van der Waals surface area contributed by atoms with Crippen molar-refractivity contribution < 1.29 is 24.5 Å². The number of hydrogen-bond acceptors (Lipinski definition) is 8. The Balaban J connectivity index is 1.38. The van der Waals surface area contributed by atoms with Crippen molar-refractivity contribution >= 4 is 0 Å². The van der Waals surface area contributed by atoms with Crippen LogP contribution in [0.3, 0.4) is 0 Å². The van der Waals surface area contributed by atoms with Gasteiger partial charge in [-0.3, -0.25) is 0 Å². The van der Waals surface area contributed by atoms with Crippen molar-refractivity contribution in [3.8, 4) is 11.5 Å². The van der Waals surface area contributed by atoms with Crippen LogP contribution in [0, 0.1) is 10.1 Å². The third-order valence-electron chi connectivity index (χ3n) is 4.82. The van der Waals surface area contributed by atoms with Crippen molar-refractivity contribution in [2.45, 2.75) is 38.3 Å². The summed E-state index contributed by atoms with van der Waals surface area (Å²) >= 11 is 0. The molecule has 9 heteroatoms. The van der Waals surface area contributed by atoms with Crippen molar-refractivity contribution in [1.82, 2.24) is 10.6 Å². The highest BCUT2D eigenvalue weighted by atomic mass is 17.0. The number of rotatable bonds is 19. The zero-order valence-electron chi connectivity index (χ0n) is 19.0. The predicted octanol–water partition coefficient (Wildman–Crippen LogP) is 2.95. The summed E-state index contributed by atoms with van der Waals surface area (Å²) in [5.41, 5.74) is 1.16. The Labute approximate surface area is 195 Å². The maximum atomic E-state index is 10.1. The van der Waals surface area contributed by atoms with Crippen LogP contribution in [0.2, 0.25) is 0 Å². The molecular formula is C24H35N3O6. The van der Waals surface area contributed by atoms with Crippen molar-refractivity contribution in [2.24, 2.45) is 0 Å². The fraction of sp³-hybridized carbons (Fsp3) is 0.500. The molecule has 0 saturated heterocycles. The number of nitrogens with zero attached hydrogens (tertiary/aromatic N) is 1. The maximum absolute atomic E-state index is 10.1. The summed E-state index contributed by atoms with van der Waals surface area (Å²) < 4.78 is 10.9. The number of aliphatic hydroxyl groups is 1. The minimum atomic E-state index is -0.828. The van der Waals surface area contributed by atoms with Gasteiger partial charge in [0.15, 0.2) is 0 Å². The lowest BCUT2D eigenvalue weighted by atomic mass is 10.2. The minimum Gasteiger partial charge on any atom is -0.492 e. The van der Waals surface area contributed by atoms with Crippen molar-refractivity contribution in [3.05, 3.63) is 70.3 Å². The van der Waals surface area contributed by atoms with Crippen LogP contribution < -0.4 is 20.1 Å². The second kappa shape index (κ2) is 16.7. The van der Waals surface area contributed by atoms with E-state index in [0.29, 0.717) is 12.3 Å². The first-order valence-corrected chi connectivity index (χ1v) is 11.4. The fourth-order valence-corrected chi connectivity index (χ4v) is 3.10. The average molecular weight is 462 g/mol. The molecule has 0 fully saturated rings. The number of para-hydroxylation sites is 1. The van der Waals surface area contributed by atoms with Gasteiger partial charge in [-0.15, -0.1) is 10.1 Å².